The molecule has 1 aliphatic heterocycles. The van der Waals surface area contributed by atoms with Crippen LogP contribution in [0.2, 0.25) is 0 Å². The van der Waals surface area contributed by atoms with Crippen molar-refractivity contribution in [1.82, 2.24) is 0 Å². The third kappa shape index (κ3) is 3.12. The lowest BCUT2D eigenvalue weighted by molar-refractivity contribution is 0.0692. The van der Waals surface area contributed by atoms with Gasteiger partial charge in [-0.2, -0.15) is 0 Å². The lowest BCUT2D eigenvalue weighted by Crippen LogP contribution is -2.37. The van der Waals surface area contributed by atoms with E-state index in [0.29, 0.717) is 11.4 Å². The smallest absolute Gasteiger partial charge is 0.339 e. The first kappa shape index (κ1) is 17.1. The summed E-state index contributed by atoms with van der Waals surface area (Å²) in [5, 5.41) is 9.34. The molecule has 0 spiro atoms. The number of rotatable bonds is 5. The normalized spacial score (nSPS) is 13.7. The fourth-order valence-corrected chi connectivity index (χ4v) is 4.13. The van der Waals surface area contributed by atoms with Crippen LogP contribution < -0.4 is 13.8 Å². The minimum absolute atomic E-state index is 0.106. The Morgan fingerprint density at radius 3 is 2.76 bits per heavy atom. The summed E-state index contributed by atoms with van der Waals surface area (Å²) in [4.78, 5) is 11.3. The number of sulfonamides is 1. The molecule has 2 aromatic rings. The Kier molecular flexibility index (Phi) is 4.54. The number of aromatic carboxylic acids is 1. The highest BCUT2D eigenvalue weighted by atomic mass is 32.2. The molecule has 1 N–H and O–H groups in total. The summed E-state index contributed by atoms with van der Waals surface area (Å²) < 4.78 is 38.0. The fourth-order valence-electron chi connectivity index (χ4n) is 2.64. The summed E-state index contributed by atoms with van der Waals surface area (Å²) in [6, 6.07) is 10.7. The number of hydrogen-bond donors (Lipinski definition) is 1. The van der Waals surface area contributed by atoms with Gasteiger partial charge in [0.25, 0.3) is 10.0 Å². The number of benzene rings is 2. The summed E-state index contributed by atoms with van der Waals surface area (Å²) in [5.41, 5.74) is 0.240. The largest absolute Gasteiger partial charge is 0.493 e. The zero-order valence-corrected chi connectivity index (χ0v) is 14.3. The van der Waals surface area contributed by atoms with Crippen LogP contribution in [0.5, 0.6) is 11.5 Å². The van der Waals surface area contributed by atoms with Crippen LogP contribution >= 0.6 is 0 Å². The molecular weight excluding hydrogens is 346 g/mol. The Morgan fingerprint density at radius 1 is 1.28 bits per heavy atom. The second-order valence-electron chi connectivity index (χ2n) is 5.29. The first-order valence-corrected chi connectivity index (χ1v) is 9.14. The number of ether oxygens (including phenoxy) is 2. The molecular formula is C17H17NO6S. The van der Waals surface area contributed by atoms with E-state index in [1.807, 2.05) is 0 Å². The molecule has 132 valence electrons. The first-order valence-electron chi connectivity index (χ1n) is 7.70. The molecule has 0 aromatic heterocycles. The van der Waals surface area contributed by atoms with E-state index >= 15 is 0 Å². The molecule has 0 bridgehead atoms. The van der Waals surface area contributed by atoms with Gasteiger partial charge in [0.05, 0.1) is 23.7 Å². The van der Waals surface area contributed by atoms with E-state index < -0.39 is 16.0 Å². The number of carbonyl (C=O) groups is 1. The molecule has 25 heavy (non-hydrogen) atoms. The molecule has 0 unspecified atom stereocenters. The number of carboxylic acids is 1. The third-order valence-corrected chi connectivity index (χ3v) is 5.56. The van der Waals surface area contributed by atoms with Crippen LogP contribution in [0.25, 0.3) is 0 Å². The number of nitrogens with zero attached hydrogens (tertiary/aromatic N) is 1. The average molecular weight is 363 g/mol. The molecule has 3 rings (SSSR count). The zero-order chi connectivity index (χ0) is 18.0. The van der Waals surface area contributed by atoms with Crippen molar-refractivity contribution in [2.45, 2.75) is 11.8 Å². The van der Waals surface area contributed by atoms with E-state index in [0.717, 1.165) is 6.07 Å². The number of carboxylic acid groups (broad SMARTS) is 1. The Labute approximate surface area is 145 Å². The summed E-state index contributed by atoms with van der Waals surface area (Å²) >= 11 is 0. The molecule has 0 aliphatic carbocycles. The summed E-state index contributed by atoms with van der Waals surface area (Å²) in [6.45, 7) is 2.37. The van der Waals surface area contributed by atoms with Gasteiger partial charge in [-0.1, -0.05) is 12.1 Å². The van der Waals surface area contributed by atoms with Crippen LogP contribution in [0, 0.1) is 0 Å². The Balaban J connectivity index is 2.07. The van der Waals surface area contributed by atoms with Crippen molar-refractivity contribution in [1.29, 1.82) is 0 Å². The lowest BCUT2D eigenvalue weighted by atomic mass is 10.2. The van der Waals surface area contributed by atoms with Crippen molar-refractivity contribution in [2.75, 3.05) is 24.1 Å². The number of hydrogen-bond acceptors (Lipinski definition) is 5. The zero-order valence-electron chi connectivity index (χ0n) is 13.5. The number of fused-ring (bicyclic) bond motifs is 1. The topological polar surface area (TPSA) is 93.1 Å². The van der Waals surface area contributed by atoms with Crippen molar-refractivity contribution in [2.24, 2.45) is 0 Å². The molecule has 1 heterocycles. The van der Waals surface area contributed by atoms with E-state index in [1.54, 1.807) is 31.2 Å². The fraction of sp³-hybridized carbons (Fsp3) is 0.235. The third-order valence-electron chi connectivity index (χ3n) is 3.76. The van der Waals surface area contributed by atoms with Gasteiger partial charge in [0.2, 0.25) is 0 Å². The van der Waals surface area contributed by atoms with Gasteiger partial charge in [0.15, 0.2) is 0 Å². The van der Waals surface area contributed by atoms with Gasteiger partial charge in [0.1, 0.15) is 23.7 Å². The van der Waals surface area contributed by atoms with Crippen molar-refractivity contribution in [3.8, 4) is 11.5 Å². The van der Waals surface area contributed by atoms with E-state index in [9.17, 15) is 18.3 Å². The molecule has 2 aromatic carbocycles. The molecule has 1 aliphatic rings. The number of anilines is 1. The predicted molar refractivity (Wildman–Crippen MR) is 91.0 cm³/mol. The highest BCUT2D eigenvalue weighted by molar-refractivity contribution is 7.92. The lowest BCUT2D eigenvalue weighted by Gasteiger charge is -2.30. The quantitative estimate of drug-likeness (QED) is 0.877. The molecule has 0 radical (unpaired) electrons. The van der Waals surface area contributed by atoms with E-state index in [4.69, 9.17) is 9.47 Å². The van der Waals surface area contributed by atoms with E-state index in [2.05, 4.69) is 0 Å². The summed E-state index contributed by atoms with van der Waals surface area (Å²) in [5.74, 6) is -0.638. The Morgan fingerprint density at radius 2 is 2.04 bits per heavy atom. The summed E-state index contributed by atoms with van der Waals surface area (Å²) in [7, 11) is -3.93. The maximum Gasteiger partial charge on any atom is 0.339 e. The predicted octanol–water partition coefficient (Wildman–Crippen LogP) is 2.37. The number of para-hydroxylation sites is 2. The van der Waals surface area contributed by atoms with Gasteiger partial charge < -0.3 is 14.6 Å². The van der Waals surface area contributed by atoms with Crippen molar-refractivity contribution < 1.29 is 27.8 Å². The van der Waals surface area contributed by atoms with Crippen LogP contribution in [0.15, 0.2) is 47.4 Å². The van der Waals surface area contributed by atoms with Crippen LogP contribution in [-0.2, 0) is 10.0 Å². The minimum atomic E-state index is -3.93. The van der Waals surface area contributed by atoms with Crippen molar-refractivity contribution in [3.63, 3.8) is 0 Å². The van der Waals surface area contributed by atoms with Gasteiger partial charge in [-0.3, -0.25) is 4.31 Å². The molecule has 0 atom stereocenters. The maximum absolute atomic E-state index is 13.0. The van der Waals surface area contributed by atoms with Gasteiger partial charge in [-0.05, 0) is 37.3 Å². The van der Waals surface area contributed by atoms with E-state index in [1.165, 1.54) is 16.4 Å². The van der Waals surface area contributed by atoms with Crippen LogP contribution in [0.1, 0.15) is 17.3 Å². The molecule has 0 saturated heterocycles. The SMILES string of the molecule is CCOc1ccc(S(=O)(=O)N2CCOc3ccccc32)cc1C(=O)O. The van der Waals surface area contributed by atoms with Crippen LogP contribution in [0.3, 0.4) is 0 Å². The van der Waals surface area contributed by atoms with Crippen LogP contribution in [0.4, 0.5) is 5.69 Å². The van der Waals surface area contributed by atoms with E-state index in [-0.39, 0.29) is 36.0 Å². The average Bonchev–Trinajstić information content (AvgIpc) is 2.61. The van der Waals surface area contributed by atoms with Gasteiger partial charge in [-0.15, -0.1) is 0 Å². The molecule has 7 nitrogen and oxygen atoms in total. The molecule has 0 fully saturated rings. The highest BCUT2D eigenvalue weighted by Crippen LogP contribution is 2.35. The Hall–Kier alpha value is -2.74. The van der Waals surface area contributed by atoms with Gasteiger partial charge in [-0.25, -0.2) is 13.2 Å². The minimum Gasteiger partial charge on any atom is -0.493 e. The molecule has 0 amide bonds. The first-order chi connectivity index (χ1) is 11.9. The standard InChI is InChI=1S/C17H17NO6S/c1-2-23-15-8-7-12(11-13(15)17(19)20)25(21,22)18-9-10-24-16-6-4-3-5-14(16)18/h3-8,11H,2,9-10H2,1H3,(H,19,20). The second-order valence-corrected chi connectivity index (χ2v) is 7.15. The van der Waals surface area contributed by atoms with Crippen molar-refractivity contribution in [3.05, 3.63) is 48.0 Å². The second kappa shape index (κ2) is 6.64. The molecule has 8 heteroatoms. The van der Waals surface area contributed by atoms with Gasteiger partial charge in [0, 0.05) is 0 Å². The summed E-state index contributed by atoms with van der Waals surface area (Å²) in [6.07, 6.45) is 0. The van der Waals surface area contributed by atoms with Crippen LogP contribution in [-0.4, -0.2) is 39.3 Å². The highest BCUT2D eigenvalue weighted by Gasteiger charge is 2.31. The monoisotopic (exact) mass is 363 g/mol. The van der Waals surface area contributed by atoms with Crippen molar-refractivity contribution >= 4 is 21.7 Å². The van der Waals surface area contributed by atoms with Gasteiger partial charge >= 0.3 is 5.97 Å². The maximum atomic E-state index is 13.0. The Bertz CT molecular complexity index is 909. The molecule has 0 saturated carbocycles.